The number of thiazole rings is 1. The fourth-order valence-corrected chi connectivity index (χ4v) is 4.37. The topological polar surface area (TPSA) is 121 Å². The van der Waals surface area contributed by atoms with Crippen molar-refractivity contribution >= 4 is 55.9 Å². The Hall–Kier alpha value is -2.33. The summed E-state index contributed by atoms with van der Waals surface area (Å²) in [7, 11) is 0. The van der Waals surface area contributed by atoms with Crippen molar-refractivity contribution in [1.29, 1.82) is 0 Å². The number of Topliss-reactive ketones (excluding diaryl/α,β-unsaturated/α-hetero) is 1. The number of rotatable bonds is 6. The number of carbonyl (C=O) groups is 3. The molecule has 0 saturated heterocycles. The van der Waals surface area contributed by atoms with Crippen molar-refractivity contribution in [2.45, 2.75) is 32.1 Å². The summed E-state index contributed by atoms with van der Waals surface area (Å²) in [5, 5.41) is 14.3. The Morgan fingerprint density at radius 2 is 2.00 bits per heavy atom. The number of halogens is 1. The van der Waals surface area contributed by atoms with Gasteiger partial charge < -0.3 is 10.4 Å². The maximum absolute atomic E-state index is 12.7. The van der Waals surface area contributed by atoms with Crippen LogP contribution in [0.3, 0.4) is 0 Å². The van der Waals surface area contributed by atoms with Crippen LogP contribution in [-0.2, 0) is 11.2 Å². The van der Waals surface area contributed by atoms with Gasteiger partial charge in [0.15, 0.2) is 10.9 Å². The lowest BCUT2D eigenvalue weighted by Crippen LogP contribution is -2.23. The minimum atomic E-state index is -1.01. The van der Waals surface area contributed by atoms with Gasteiger partial charge in [-0.05, 0) is 40.9 Å². The van der Waals surface area contributed by atoms with Gasteiger partial charge in [-0.3, -0.25) is 19.9 Å². The monoisotopic (exact) mass is 452 g/mol. The number of aliphatic carboxylic acids is 1. The van der Waals surface area contributed by atoms with E-state index < -0.39 is 12.0 Å². The second-order valence-corrected chi connectivity index (χ2v) is 8.45. The van der Waals surface area contributed by atoms with E-state index in [1.807, 2.05) is 0 Å². The molecule has 1 aliphatic rings. The van der Waals surface area contributed by atoms with Gasteiger partial charge in [0.25, 0.3) is 0 Å². The quantitative estimate of drug-likeness (QED) is 0.570. The van der Waals surface area contributed by atoms with Crippen LogP contribution in [0.25, 0.3) is 0 Å². The number of amides is 2. The van der Waals surface area contributed by atoms with E-state index in [4.69, 9.17) is 5.11 Å². The maximum Gasteiger partial charge on any atom is 0.325 e. The van der Waals surface area contributed by atoms with Crippen molar-refractivity contribution in [3.63, 3.8) is 0 Å². The van der Waals surface area contributed by atoms with Gasteiger partial charge in [0.05, 0.1) is 21.6 Å². The van der Waals surface area contributed by atoms with Gasteiger partial charge in [0.1, 0.15) is 5.69 Å². The Labute approximate surface area is 167 Å². The molecule has 1 fully saturated rings. The molecule has 2 amide bonds. The third-order valence-electron chi connectivity index (χ3n) is 4.20. The SMILES string of the molecule is O=C(O)Cc1nc(NC(=O)Nc2cccnc2C(=O)C2CCCC2)sc1Br. The normalized spacial score (nSPS) is 14.1. The van der Waals surface area contributed by atoms with E-state index in [2.05, 4.69) is 36.5 Å². The number of hydrogen-bond donors (Lipinski definition) is 3. The van der Waals surface area contributed by atoms with E-state index in [-0.39, 0.29) is 28.9 Å². The van der Waals surface area contributed by atoms with Crippen LogP contribution >= 0.6 is 27.3 Å². The average molecular weight is 453 g/mol. The van der Waals surface area contributed by atoms with Gasteiger partial charge >= 0.3 is 12.0 Å². The van der Waals surface area contributed by atoms with Crippen LogP contribution in [0.5, 0.6) is 0 Å². The molecule has 0 unspecified atom stereocenters. The average Bonchev–Trinajstić information content (AvgIpc) is 3.25. The summed E-state index contributed by atoms with van der Waals surface area (Å²) < 4.78 is 0.540. The lowest BCUT2D eigenvalue weighted by molar-refractivity contribution is -0.136. The highest BCUT2D eigenvalue weighted by molar-refractivity contribution is 9.11. The molecule has 1 aliphatic carbocycles. The molecule has 0 aliphatic heterocycles. The molecule has 8 nitrogen and oxygen atoms in total. The fraction of sp³-hybridized carbons (Fsp3) is 0.353. The predicted octanol–water partition coefficient (Wildman–Crippen LogP) is 3.94. The molecule has 3 N–H and O–H groups in total. The zero-order valence-corrected chi connectivity index (χ0v) is 16.6. The molecule has 2 aromatic rings. The molecule has 0 aromatic carbocycles. The van der Waals surface area contributed by atoms with E-state index in [0.717, 1.165) is 37.0 Å². The number of urea groups is 1. The Balaban J connectivity index is 1.69. The fourth-order valence-electron chi connectivity index (χ4n) is 2.97. The summed E-state index contributed by atoms with van der Waals surface area (Å²) in [6.07, 6.45) is 5.04. The third-order valence-corrected chi connectivity index (χ3v) is 5.95. The van der Waals surface area contributed by atoms with Crippen molar-refractivity contribution in [1.82, 2.24) is 9.97 Å². The van der Waals surface area contributed by atoms with Crippen molar-refractivity contribution in [3.8, 4) is 0 Å². The first-order chi connectivity index (χ1) is 12.9. The first kappa shape index (κ1) is 19.4. The molecule has 0 spiro atoms. The Morgan fingerprint density at radius 3 is 2.70 bits per heavy atom. The number of aromatic nitrogens is 2. The van der Waals surface area contributed by atoms with Gasteiger partial charge in [0.2, 0.25) is 0 Å². The second-order valence-electron chi connectivity index (χ2n) is 6.13. The molecule has 0 atom stereocenters. The van der Waals surface area contributed by atoms with Crippen LogP contribution in [0.2, 0.25) is 0 Å². The largest absolute Gasteiger partial charge is 0.481 e. The van der Waals surface area contributed by atoms with Crippen LogP contribution < -0.4 is 10.6 Å². The Bertz CT molecular complexity index is 880. The van der Waals surface area contributed by atoms with Crippen LogP contribution in [-0.4, -0.2) is 32.9 Å². The van der Waals surface area contributed by atoms with Gasteiger partial charge in [0, 0.05) is 12.1 Å². The lowest BCUT2D eigenvalue weighted by Gasteiger charge is -2.12. The molecule has 142 valence electrons. The molecule has 1 saturated carbocycles. The third kappa shape index (κ3) is 4.89. The molecule has 3 rings (SSSR count). The molecule has 10 heteroatoms. The molecule has 0 radical (unpaired) electrons. The summed E-state index contributed by atoms with van der Waals surface area (Å²) >= 11 is 4.35. The number of carbonyl (C=O) groups excluding carboxylic acids is 2. The second kappa shape index (κ2) is 8.57. The summed E-state index contributed by atoms with van der Waals surface area (Å²) in [6.45, 7) is 0. The number of carboxylic acids is 1. The molecular formula is C17H17BrN4O4S. The van der Waals surface area contributed by atoms with E-state index in [9.17, 15) is 14.4 Å². The summed E-state index contributed by atoms with van der Waals surface area (Å²) in [5.74, 6) is -1.11. The van der Waals surface area contributed by atoms with Gasteiger partial charge in [-0.2, -0.15) is 0 Å². The number of anilines is 2. The smallest absolute Gasteiger partial charge is 0.325 e. The van der Waals surface area contributed by atoms with Gasteiger partial charge in [-0.15, -0.1) is 0 Å². The minimum Gasteiger partial charge on any atom is -0.481 e. The van der Waals surface area contributed by atoms with Crippen molar-refractivity contribution in [2.24, 2.45) is 5.92 Å². The number of pyridine rings is 1. The number of nitrogens with one attached hydrogen (secondary N) is 2. The maximum atomic E-state index is 12.7. The summed E-state index contributed by atoms with van der Waals surface area (Å²) in [6, 6.07) is 2.69. The van der Waals surface area contributed by atoms with Crippen LogP contribution in [0, 0.1) is 5.92 Å². The molecule has 0 bridgehead atoms. The Morgan fingerprint density at radius 1 is 1.26 bits per heavy atom. The van der Waals surface area contributed by atoms with E-state index >= 15 is 0 Å². The Kier molecular flexibility index (Phi) is 6.17. The first-order valence-corrected chi connectivity index (χ1v) is 9.99. The summed E-state index contributed by atoms with van der Waals surface area (Å²) in [5.41, 5.74) is 0.931. The highest BCUT2D eigenvalue weighted by atomic mass is 79.9. The van der Waals surface area contributed by atoms with Crippen LogP contribution in [0.15, 0.2) is 22.1 Å². The first-order valence-electron chi connectivity index (χ1n) is 8.38. The zero-order chi connectivity index (χ0) is 19.4. The number of carboxylic acid groups (broad SMARTS) is 1. The summed E-state index contributed by atoms with van der Waals surface area (Å²) in [4.78, 5) is 44.0. The molecular weight excluding hydrogens is 436 g/mol. The number of ketones is 1. The predicted molar refractivity (Wildman–Crippen MR) is 104 cm³/mol. The van der Waals surface area contributed by atoms with Crippen LogP contribution in [0.4, 0.5) is 15.6 Å². The number of nitrogens with zero attached hydrogens (tertiary/aromatic N) is 2. The molecule has 27 heavy (non-hydrogen) atoms. The van der Waals surface area contributed by atoms with Crippen molar-refractivity contribution < 1.29 is 19.5 Å². The van der Waals surface area contributed by atoms with Crippen molar-refractivity contribution in [3.05, 3.63) is 33.5 Å². The molecule has 2 aromatic heterocycles. The van der Waals surface area contributed by atoms with E-state index in [0.29, 0.717) is 15.2 Å². The highest BCUT2D eigenvalue weighted by Gasteiger charge is 2.27. The lowest BCUT2D eigenvalue weighted by atomic mass is 9.99. The van der Waals surface area contributed by atoms with E-state index in [1.54, 1.807) is 12.1 Å². The van der Waals surface area contributed by atoms with E-state index in [1.165, 1.54) is 6.20 Å². The number of hydrogen-bond acceptors (Lipinski definition) is 6. The standard InChI is InChI=1S/C17H17BrN4O4S/c18-15-11(8-12(23)24)21-17(27-15)22-16(26)20-10-6-3-7-19-13(10)14(25)9-4-1-2-5-9/h3,6-7,9H,1-2,4-5,8H2,(H,23,24)(H2,20,21,22,26). The zero-order valence-electron chi connectivity index (χ0n) is 14.2. The van der Waals surface area contributed by atoms with Crippen molar-refractivity contribution in [2.75, 3.05) is 10.6 Å². The minimum absolute atomic E-state index is 0.0444. The van der Waals surface area contributed by atoms with Gasteiger partial charge in [-0.1, -0.05) is 24.2 Å². The highest BCUT2D eigenvalue weighted by Crippen LogP contribution is 2.30. The van der Waals surface area contributed by atoms with Gasteiger partial charge in [-0.25, -0.2) is 9.78 Å². The van der Waals surface area contributed by atoms with Crippen LogP contribution in [0.1, 0.15) is 41.9 Å². The molecule has 2 heterocycles.